The summed E-state index contributed by atoms with van der Waals surface area (Å²) in [5, 5.41) is 0. The van der Waals surface area contributed by atoms with Crippen molar-refractivity contribution in [2.45, 2.75) is 37.6 Å². The standard InChI is InChI=1S/C15H22F2N2O2S/c1-11(2)19-7-5-12(6-8-19)10-18-22(20,21)13-3-4-14(16)15(17)9-13/h3-4,9,11-12,18H,5-8,10H2,1-2H3. The van der Waals surface area contributed by atoms with E-state index in [2.05, 4.69) is 23.5 Å². The fourth-order valence-corrected chi connectivity index (χ4v) is 3.76. The van der Waals surface area contributed by atoms with Crippen molar-refractivity contribution < 1.29 is 17.2 Å². The molecule has 0 aromatic heterocycles. The molecule has 124 valence electrons. The predicted molar refractivity (Wildman–Crippen MR) is 81.0 cm³/mol. The van der Waals surface area contributed by atoms with E-state index in [-0.39, 0.29) is 10.8 Å². The van der Waals surface area contributed by atoms with Crippen molar-refractivity contribution in [2.75, 3.05) is 19.6 Å². The van der Waals surface area contributed by atoms with Crippen LogP contribution in [0.15, 0.2) is 23.1 Å². The van der Waals surface area contributed by atoms with Gasteiger partial charge in [0, 0.05) is 12.6 Å². The van der Waals surface area contributed by atoms with Crippen LogP contribution in [0.4, 0.5) is 8.78 Å². The van der Waals surface area contributed by atoms with Crippen LogP contribution in [0.2, 0.25) is 0 Å². The zero-order valence-corrected chi connectivity index (χ0v) is 13.7. The quantitative estimate of drug-likeness (QED) is 0.900. The Hall–Kier alpha value is -1.05. The lowest BCUT2D eigenvalue weighted by molar-refractivity contribution is 0.151. The Balaban J connectivity index is 1.92. The Bertz CT molecular complexity index is 612. The molecule has 7 heteroatoms. The normalized spacial score (nSPS) is 18.0. The number of sulfonamides is 1. The molecule has 0 bridgehead atoms. The largest absolute Gasteiger partial charge is 0.301 e. The summed E-state index contributed by atoms with van der Waals surface area (Å²) in [4.78, 5) is 2.12. The molecule has 0 unspecified atom stereocenters. The smallest absolute Gasteiger partial charge is 0.240 e. The molecule has 1 aromatic rings. The van der Waals surface area contributed by atoms with Crippen molar-refractivity contribution in [3.05, 3.63) is 29.8 Å². The van der Waals surface area contributed by atoms with E-state index in [9.17, 15) is 17.2 Å². The van der Waals surface area contributed by atoms with Crippen LogP contribution in [0.5, 0.6) is 0 Å². The third kappa shape index (κ3) is 4.24. The molecule has 1 saturated heterocycles. The van der Waals surface area contributed by atoms with Gasteiger partial charge in [0.15, 0.2) is 11.6 Å². The zero-order valence-electron chi connectivity index (χ0n) is 12.9. The van der Waals surface area contributed by atoms with Crippen molar-refractivity contribution in [2.24, 2.45) is 5.92 Å². The van der Waals surface area contributed by atoms with E-state index in [1.54, 1.807) is 0 Å². The van der Waals surface area contributed by atoms with E-state index in [1.807, 2.05) is 0 Å². The fraction of sp³-hybridized carbons (Fsp3) is 0.600. The molecule has 0 atom stereocenters. The molecule has 0 aliphatic carbocycles. The molecule has 0 spiro atoms. The van der Waals surface area contributed by atoms with Gasteiger partial charge in [-0.25, -0.2) is 21.9 Å². The minimum absolute atomic E-state index is 0.244. The fourth-order valence-electron chi connectivity index (χ4n) is 2.63. The van der Waals surface area contributed by atoms with Gasteiger partial charge >= 0.3 is 0 Å². The number of hydrogen-bond donors (Lipinski definition) is 1. The zero-order chi connectivity index (χ0) is 16.3. The maximum Gasteiger partial charge on any atom is 0.240 e. The van der Waals surface area contributed by atoms with Gasteiger partial charge < -0.3 is 4.90 Å². The van der Waals surface area contributed by atoms with Crippen LogP contribution in [0.25, 0.3) is 0 Å². The van der Waals surface area contributed by atoms with Crippen molar-refractivity contribution in [1.82, 2.24) is 9.62 Å². The molecular weight excluding hydrogens is 310 g/mol. The number of nitrogens with one attached hydrogen (secondary N) is 1. The first kappa shape index (κ1) is 17.3. The summed E-state index contributed by atoms with van der Waals surface area (Å²) in [6, 6.07) is 3.10. The number of rotatable bonds is 5. The molecular formula is C15H22F2N2O2S. The molecule has 1 N–H and O–H groups in total. The topological polar surface area (TPSA) is 49.4 Å². The monoisotopic (exact) mass is 332 g/mol. The Labute approximate surface area is 130 Å². The summed E-state index contributed by atoms with van der Waals surface area (Å²) in [7, 11) is -3.80. The van der Waals surface area contributed by atoms with E-state index < -0.39 is 21.7 Å². The van der Waals surface area contributed by atoms with Gasteiger partial charge in [0.1, 0.15) is 0 Å². The van der Waals surface area contributed by atoms with Crippen LogP contribution in [-0.2, 0) is 10.0 Å². The van der Waals surface area contributed by atoms with Crippen molar-refractivity contribution in [3.63, 3.8) is 0 Å². The number of halogens is 2. The third-order valence-corrected chi connectivity index (χ3v) is 5.56. The highest BCUT2D eigenvalue weighted by Crippen LogP contribution is 2.19. The Morgan fingerprint density at radius 2 is 1.86 bits per heavy atom. The van der Waals surface area contributed by atoms with Gasteiger partial charge in [0.2, 0.25) is 10.0 Å². The summed E-state index contributed by atoms with van der Waals surface area (Å²) < 4.78 is 52.7. The molecule has 0 radical (unpaired) electrons. The van der Waals surface area contributed by atoms with Crippen LogP contribution >= 0.6 is 0 Å². The van der Waals surface area contributed by atoms with E-state index in [0.29, 0.717) is 18.7 Å². The minimum atomic E-state index is -3.80. The van der Waals surface area contributed by atoms with Gasteiger partial charge in [-0.05, 0) is 63.9 Å². The van der Waals surface area contributed by atoms with Crippen LogP contribution in [-0.4, -0.2) is 39.0 Å². The summed E-state index contributed by atoms with van der Waals surface area (Å²) in [5.74, 6) is -1.94. The van der Waals surface area contributed by atoms with Crippen LogP contribution in [0, 0.1) is 17.6 Å². The molecule has 1 aliphatic heterocycles. The second kappa shape index (κ2) is 7.02. The molecule has 22 heavy (non-hydrogen) atoms. The second-order valence-corrected chi connectivity index (χ2v) is 7.77. The molecule has 0 amide bonds. The molecule has 1 fully saturated rings. The van der Waals surface area contributed by atoms with Crippen molar-refractivity contribution >= 4 is 10.0 Å². The Kier molecular flexibility index (Phi) is 5.52. The Morgan fingerprint density at radius 3 is 2.41 bits per heavy atom. The van der Waals surface area contributed by atoms with Gasteiger partial charge in [0.05, 0.1) is 4.90 Å². The molecule has 1 aromatic carbocycles. The van der Waals surface area contributed by atoms with E-state index in [1.165, 1.54) is 0 Å². The Morgan fingerprint density at radius 1 is 1.23 bits per heavy atom. The molecule has 4 nitrogen and oxygen atoms in total. The SMILES string of the molecule is CC(C)N1CCC(CNS(=O)(=O)c2ccc(F)c(F)c2)CC1. The first-order chi connectivity index (χ1) is 10.3. The summed E-state index contributed by atoms with van der Waals surface area (Å²) in [5.41, 5.74) is 0. The lowest BCUT2D eigenvalue weighted by Crippen LogP contribution is -2.41. The van der Waals surface area contributed by atoms with E-state index in [0.717, 1.165) is 38.1 Å². The predicted octanol–water partition coefficient (Wildman–Crippen LogP) is 2.36. The number of benzene rings is 1. The molecule has 2 rings (SSSR count). The number of hydrogen-bond acceptors (Lipinski definition) is 3. The maximum atomic E-state index is 13.2. The lowest BCUT2D eigenvalue weighted by Gasteiger charge is -2.34. The average Bonchev–Trinajstić information content (AvgIpc) is 2.48. The molecule has 1 aliphatic rings. The third-order valence-electron chi connectivity index (χ3n) is 4.14. The first-order valence-electron chi connectivity index (χ1n) is 7.48. The average molecular weight is 332 g/mol. The highest BCUT2D eigenvalue weighted by Gasteiger charge is 2.23. The van der Waals surface area contributed by atoms with Crippen molar-refractivity contribution in [1.29, 1.82) is 0 Å². The van der Waals surface area contributed by atoms with Gasteiger partial charge in [-0.15, -0.1) is 0 Å². The van der Waals surface area contributed by atoms with Crippen molar-refractivity contribution in [3.8, 4) is 0 Å². The van der Waals surface area contributed by atoms with Gasteiger partial charge in [-0.2, -0.15) is 0 Å². The highest BCUT2D eigenvalue weighted by molar-refractivity contribution is 7.89. The summed E-state index contributed by atoms with van der Waals surface area (Å²) >= 11 is 0. The van der Waals surface area contributed by atoms with Gasteiger partial charge in [-0.1, -0.05) is 0 Å². The van der Waals surface area contributed by atoms with Gasteiger partial charge in [0.25, 0.3) is 0 Å². The van der Waals surface area contributed by atoms with Crippen LogP contribution in [0.1, 0.15) is 26.7 Å². The maximum absolute atomic E-state index is 13.2. The van der Waals surface area contributed by atoms with Gasteiger partial charge in [-0.3, -0.25) is 0 Å². The van der Waals surface area contributed by atoms with Crippen LogP contribution < -0.4 is 4.72 Å². The number of piperidine rings is 1. The second-order valence-electron chi connectivity index (χ2n) is 6.00. The molecule has 0 saturated carbocycles. The first-order valence-corrected chi connectivity index (χ1v) is 8.96. The van der Waals surface area contributed by atoms with Crippen LogP contribution in [0.3, 0.4) is 0 Å². The van der Waals surface area contributed by atoms with E-state index in [4.69, 9.17) is 0 Å². The summed E-state index contributed by atoms with van der Waals surface area (Å²) in [6.45, 7) is 6.52. The highest BCUT2D eigenvalue weighted by atomic mass is 32.2. The minimum Gasteiger partial charge on any atom is -0.301 e. The number of nitrogens with zero attached hydrogens (tertiary/aromatic N) is 1. The number of likely N-dealkylation sites (tertiary alicyclic amines) is 1. The summed E-state index contributed by atoms with van der Waals surface area (Å²) in [6.07, 6.45) is 1.86. The lowest BCUT2D eigenvalue weighted by atomic mass is 9.96. The van der Waals surface area contributed by atoms with E-state index >= 15 is 0 Å². The molecule has 1 heterocycles.